The molecule has 2 atom stereocenters. The van der Waals surface area contributed by atoms with Crippen LogP contribution in [0.1, 0.15) is 26.7 Å². The van der Waals surface area contributed by atoms with E-state index in [1.54, 1.807) is 11.8 Å². The predicted molar refractivity (Wildman–Crippen MR) is 55.2 cm³/mol. The van der Waals surface area contributed by atoms with Crippen LogP contribution in [-0.4, -0.2) is 34.2 Å². The van der Waals surface area contributed by atoms with Crippen LogP contribution in [0, 0.1) is 0 Å². The molecule has 0 aromatic rings. The third-order valence-corrected chi connectivity index (χ3v) is 3.97. The van der Waals surface area contributed by atoms with Gasteiger partial charge >= 0.3 is 5.97 Å². The SMILES string of the molecule is CCCNC1(C(=O)O)CCSC1C. The molecule has 4 heteroatoms. The van der Waals surface area contributed by atoms with E-state index in [2.05, 4.69) is 12.2 Å². The maximum atomic E-state index is 11.2. The number of hydrogen-bond acceptors (Lipinski definition) is 3. The zero-order chi connectivity index (χ0) is 9.90. The molecule has 2 unspecified atom stereocenters. The standard InChI is InChI=1S/C9H17NO2S/c1-3-5-10-9(8(11)12)4-6-13-7(9)2/h7,10H,3-6H2,1-2H3,(H,11,12). The highest BCUT2D eigenvalue weighted by atomic mass is 32.2. The van der Waals surface area contributed by atoms with Gasteiger partial charge in [0.05, 0.1) is 0 Å². The largest absolute Gasteiger partial charge is 0.480 e. The molecule has 1 aliphatic rings. The third kappa shape index (κ3) is 1.99. The molecular weight excluding hydrogens is 186 g/mol. The molecule has 0 aliphatic carbocycles. The van der Waals surface area contributed by atoms with Gasteiger partial charge in [0.15, 0.2) is 0 Å². The quantitative estimate of drug-likeness (QED) is 0.724. The molecule has 0 spiro atoms. The first-order valence-electron chi connectivity index (χ1n) is 4.73. The monoisotopic (exact) mass is 203 g/mol. The lowest BCUT2D eigenvalue weighted by Crippen LogP contribution is -2.56. The zero-order valence-electron chi connectivity index (χ0n) is 8.17. The number of nitrogens with one attached hydrogen (secondary N) is 1. The van der Waals surface area contributed by atoms with Crippen molar-refractivity contribution in [3.63, 3.8) is 0 Å². The second-order valence-electron chi connectivity index (χ2n) is 3.47. The van der Waals surface area contributed by atoms with Crippen LogP contribution in [0.3, 0.4) is 0 Å². The van der Waals surface area contributed by atoms with Crippen LogP contribution in [0.15, 0.2) is 0 Å². The molecule has 0 aromatic heterocycles. The molecule has 0 saturated carbocycles. The van der Waals surface area contributed by atoms with Gasteiger partial charge in [0.1, 0.15) is 5.54 Å². The van der Waals surface area contributed by atoms with Gasteiger partial charge in [0.2, 0.25) is 0 Å². The number of aliphatic carboxylic acids is 1. The van der Waals surface area contributed by atoms with Gasteiger partial charge in [-0.1, -0.05) is 13.8 Å². The van der Waals surface area contributed by atoms with Gasteiger partial charge in [0.25, 0.3) is 0 Å². The minimum Gasteiger partial charge on any atom is -0.480 e. The second kappa shape index (κ2) is 4.33. The first-order valence-corrected chi connectivity index (χ1v) is 5.78. The number of thioether (sulfide) groups is 1. The normalized spacial score (nSPS) is 33.5. The fourth-order valence-electron chi connectivity index (χ4n) is 1.68. The van der Waals surface area contributed by atoms with E-state index >= 15 is 0 Å². The van der Waals surface area contributed by atoms with Crippen molar-refractivity contribution < 1.29 is 9.90 Å². The van der Waals surface area contributed by atoms with Crippen LogP contribution in [0.2, 0.25) is 0 Å². The number of rotatable bonds is 4. The average Bonchev–Trinajstić information content (AvgIpc) is 2.45. The molecule has 2 N–H and O–H groups in total. The van der Waals surface area contributed by atoms with Crippen molar-refractivity contribution in [1.82, 2.24) is 5.32 Å². The summed E-state index contributed by atoms with van der Waals surface area (Å²) < 4.78 is 0. The maximum Gasteiger partial charge on any atom is 0.325 e. The van der Waals surface area contributed by atoms with E-state index in [1.807, 2.05) is 6.92 Å². The summed E-state index contributed by atoms with van der Waals surface area (Å²) in [5, 5.41) is 12.5. The maximum absolute atomic E-state index is 11.2. The first-order chi connectivity index (χ1) is 6.13. The summed E-state index contributed by atoms with van der Waals surface area (Å²) in [5.41, 5.74) is -0.666. The Morgan fingerprint density at radius 3 is 2.85 bits per heavy atom. The van der Waals surface area contributed by atoms with Crippen LogP contribution in [0.4, 0.5) is 0 Å². The van der Waals surface area contributed by atoms with Crippen LogP contribution in [0.5, 0.6) is 0 Å². The zero-order valence-corrected chi connectivity index (χ0v) is 8.99. The lowest BCUT2D eigenvalue weighted by molar-refractivity contribution is -0.144. The van der Waals surface area contributed by atoms with E-state index in [4.69, 9.17) is 0 Å². The van der Waals surface area contributed by atoms with Crippen molar-refractivity contribution in [3.05, 3.63) is 0 Å². The van der Waals surface area contributed by atoms with Crippen molar-refractivity contribution in [2.24, 2.45) is 0 Å². The second-order valence-corrected chi connectivity index (χ2v) is 4.91. The topological polar surface area (TPSA) is 49.3 Å². The molecule has 76 valence electrons. The fourth-order valence-corrected chi connectivity index (χ4v) is 3.06. The summed E-state index contributed by atoms with van der Waals surface area (Å²) in [6.45, 7) is 4.83. The summed E-state index contributed by atoms with van der Waals surface area (Å²) in [4.78, 5) is 11.2. The van der Waals surface area contributed by atoms with E-state index in [0.717, 1.165) is 25.1 Å². The van der Waals surface area contributed by atoms with Crippen molar-refractivity contribution in [2.75, 3.05) is 12.3 Å². The summed E-state index contributed by atoms with van der Waals surface area (Å²) in [7, 11) is 0. The molecule has 0 radical (unpaired) electrons. The van der Waals surface area contributed by atoms with Gasteiger partial charge in [-0.2, -0.15) is 11.8 Å². The van der Waals surface area contributed by atoms with Crippen LogP contribution < -0.4 is 5.32 Å². The highest BCUT2D eigenvalue weighted by Gasteiger charge is 2.47. The number of carboxylic acids is 1. The molecule has 1 heterocycles. The Kier molecular flexibility index (Phi) is 3.62. The van der Waals surface area contributed by atoms with Crippen molar-refractivity contribution >= 4 is 17.7 Å². The van der Waals surface area contributed by atoms with E-state index in [1.165, 1.54) is 0 Å². The molecule has 13 heavy (non-hydrogen) atoms. The Balaban J connectivity index is 2.68. The molecule has 1 saturated heterocycles. The van der Waals surface area contributed by atoms with Crippen molar-refractivity contribution in [2.45, 2.75) is 37.5 Å². The lowest BCUT2D eigenvalue weighted by Gasteiger charge is -2.29. The van der Waals surface area contributed by atoms with Crippen molar-refractivity contribution in [1.29, 1.82) is 0 Å². The number of carboxylic acid groups (broad SMARTS) is 1. The summed E-state index contributed by atoms with van der Waals surface area (Å²) in [5.74, 6) is 0.253. The Morgan fingerprint density at radius 1 is 1.77 bits per heavy atom. The van der Waals surface area contributed by atoms with E-state index < -0.39 is 11.5 Å². The number of carbonyl (C=O) groups is 1. The smallest absolute Gasteiger partial charge is 0.325 e. The highest BCUT2D eigenvalue weighted by molar-refractivity contribution is 8.00. The van der Waals surface area contributed by atoms with E-state index in [-0.39, 0.29) is 5.25 Å². The molecule has 1 fully saturated rings. The molecule has 0 bridgehead atoms. The number of hydrogen-bond donors (Lipinski definition) is 2. The Labute approximate surface area is 83.3 Å². The predicted octanol–water partition coefficient (Wildman–Crippen LogP) is 1.33. The van der Waals surface area contributed by atoms with Gasteiger partial charge in [-0.05, 0) is 25.1 Å². The molecule has 0 amide bonds. The average molecular weight is 203 g/mol. The lowest BCUT2D eigenvalue weighted by atomic mass is 9.93. The Hall–Kier alpha value is -0.220. The molecule has 1 rings (SSSR count). The van der Waals surface area contributed by atoms with Gasteiger partial charge in [-0.3, -0.25) is 4.79 Å². The van der Waals surface area contributed by atoms with Crippen LogP contribution in [-0.2, 0) is 4.79 Å². The summed E-state index contributed by atoms with van der Waals surface area (Å²) in [6.07, 6.45) is 1.72. The van der Waals surface area contributed by atoms with Gasteiger partial charge in [-0.15, -0.1) is 0 Å². The molecular formula is C9H17NO2S. The Bertz CT molecular complexity index is 198. The van der Waals surface area contributed by atoms with Crippen LogP contribution in [0.25, 0.3) is 0 Å². The van der Waals surface area contributed by atoms with E-state index in [0.29, 0.717) is 0 Å². The van der Waals surface area contributed by atoms with Gasteiger partial charge < -0.3 is 10.4 Å². The van der Waals surface area contributed by atoms with Gasteiger partial charge in [-0.25, -0.2) is 0 Å². The van der Waals surface area contributed by atoms with Gasteiger partial charge in [0, 0.05) is 5.25 Å². The van der Waals surface area contributed by atoms with Crippen LogP contribution >= 0.6 is 11.8 Å². The summed E-state index contributed by atoms with van der Waals surface area (Å²) in [6, 6.07) is 0. The molecule has 3 nitrogen and oxygen atoms in total. The minimum atomic E-state index is -0.696. The highest BCUT2D eigenvalue weighted by Crippen LogP contribution is 2.35. The Morgan fingerprint density at radius 2 is 2.46 bits per heavy atom. The molecule has 0 aromatic carbocycles. The van der Waals surface area contributed by atoms with E-state index in [9.17, 15) is 9.90 Å². The summed E-state index contributed by atoms with van der Waals surface area (Å²) >= 11 is 1.74. The fraction of sp³-hybridized carbons (Fsp3) is 0.889. The molecule has 1 aliphatic heterocycles. The van der Waals surface area contributed by atoms with Crippen molar-refractivity contribution in [3.8, 4) is 0 Å². The first kappa shape index (κ1) is 10.9. The third-order valence-electron chi connectivity index (χ3n) is 2.63. The minimum absolute atomic E-state index is 0.177.